The predicted molar refractivity (Wildman–Crippen MR) is 116 cm³/mol. The van der Waals surface area contributed by atoms with E-state index in [-0.39, 0.29) is 11.9 Å². The van der Waals surface area contributed by atoms with Gasteiger partial charge in [-0.25, -0.2) is 4.79 Å². The van der Waals surface area contributed by atoms with Gasteiger partial charge in [-0.2, -0.15) is 0 Å². The maximum Gasteiger partial charge on any atom is 0.338 e. The van der Waals surface area contributed by atoms with Gasteiger partial charge in [0.15, 0.2) is 0 Å². The van der Waals surface area contributed by atoms with E-state index in [1.165, 1.54) is 38.5 Å². The van der Waals surface area contributed by atoms with E-state index in [1.807, 2.05) is 0 Å². The summed E-state index contributed by atoms with van der Waals surface area (Å²) in [5.41, 5.74) is 0.955. The highest BCUT2D eigenvalue weighted by atomic mass is 16.5. The Hall–Kier alpha value is -1.84. The fourth-order valence-electron chi connectivity index (χ4n) is 3.20. The van der Waals surface area contributed by atoms with Crippen molar-refractivity contribution in [3.63, 3.8) is 0 Å². The Morgan fingerprint density at radius 2 is 1.61 bits per heavy atom. The number of carbonyl (C=O) groups excluding carboxylic acids is 2. The molecule has 0 saturated carbocycles. The highest BCUT2D eigenvalue weighted by molar-refractivity contribution is 5.97. The molecule has 0 saturated heterocycles. The molecule has 1 aromatic carbocycles. The quantitative estimate of drug-likeness (QED) is 0.289. The average Bonchev–Trinajstić information content (AvgIpc) is 2.73. The summed E-state index contributed by atoms with van der Waals surface area (Å²) in [4.78, 5) is 24.7. The molecule has 0 aromatic heterocycles. The Kier molecular flexibility index (Phi) is 13.1. The standard InChI is InChI=1S/C24H39NO3/c1-4-7-9-10-11-12-17-28-24(27)22-16-13-15-21(18-22)23(26)25-19-20(6-3)14-8-5-2/h13,15-16,18,20H,4-12,14,17,19H2,1-3H3,(H,25,26). The molecule has 1 aromatic rings. The molecule has 0 fully saturated rings. The second-order valence-corrected chi connectivity index (χ2v) is 7.61. The molecule has 1 atom stereocenters. The molecule has 0 radical (unpaired) electrons. The van der Waals surface area contributed by atoms with Crippen LogP contribution in [-0.4, -0.2) is 25.0 Å². The molecule has 0 bridgehead atoms. The van der Waals surface area contributed by atoms with Gasteiger partial charge in [0.2, 0.25) is 0 Å². The van der Waals surface area contributed by atoms with Gasteiger partial charge in [-0.15, -0.1) is 0 Å². The molecule has 4 heteroatoms. The van der Waals surface area contributed by atoms with Gasteiger partial charge < -0.3 is 10.1 Å². The molecule has 158 valence electrons. The monoisotopic (exact) mass is 389 g/mol. The minimum Gasteiger partial charge on any atom is -0.462 e. The van der Waals surface area contributed by atoms with E-state index in [9.17, 15) is 9.59 Å². The SMILES string of the molecule is CCCCCCCCOC(=O)c1cccc(C(=O)NCC(CC)CCCC)c1. The summed E-state index contributed by atoms with van der Waals surface area (Å²) < 4.78 is 5.36. The highest BCUT2D eigenvalue weighted by Crippen LogP contribution is 2.13. The summed E-state index contributed by atoms with van der Waals surface area (Å²) in [7, 11) is 0. The number of rotatable bonds is 15. The van der Waals surface area contributed by atoms with Crippen LogP contribution in [0.1, 0.15) is 106 Å². The molecule has 1 unspecified atom stereocenters. The first kappa shape index (κ1) is 24.2. The van der Waals surface area contributed by atoms with Crippen molar-refractivity contribution in [2.75, 3.05) is 13.2 Å². The van der Waals surface area contributed by atoms with Gasteiger partial charge in [0, 0.05) is 12.1 Å². The van der Waals surface area contributed by atoms with Crippen LogP contribution in [0.2, 0.25) is 0 Å². The maximum absolute atomic E-state index is 12.4. The van der Waals surface area contributed by atoms with Crippen molar-refractivity contribution < 1.29 is 14.3 Å². The lowest BCUT2D eigenvalue weighted by Crippen LogP contribution is -2.29. The molecule has 0 aliphatic rings. The summed E-state index contributed by atoms with van der Waals surface area (Å²) >= 11 is 0. The Balaban J connectivity index is 2.42. The van der Waals surface area contributed by atoms with Gasteiger partial charge in [0.1, 0.15) is 0 Å². The lowest BCUT2D eigenvalue weighted by atomic mass is 9.99. The third-order valence-electron chi connectivity index (χ3n) is 5.19. The van der Waals surface area contributed by atoms with Crippen LogP contribution in [0.3, 0.4) is 0 Å². The van der Waals surface area contributed by atoms with Crippen LogP contribution in [0, 0.1) is 5.92 Å². The zero-order valence-electron chi connectivity index (χ0n) is 18.1. The summed E-state index contributed by atoms with van der Waals surface area (Å²) in [5.74, 6) is 0.0347. The average molecular weight is 390 g/mol. The van der Waals surface area contributed by atoms with E-state index in [0.29, 0.717) is 30.2 Å². The largest absolute Gasteiger partial charge is 0.462 e. The smallest absolute Gasteiger partial charge is 0.338 e. The Labute approximate surface area is 171 Å². The van der Waals surface area contributed by atoms with Crippen LogP contribution in [0.5, 0.6) is 0 Å². The van der Waals surface area contributed by atoms with Gasteiger partial charge in [-0.3, -0.25) is 4.79 Å². The van der Waals surface area contributed by atoms with Crippen LogP contribution in [0.25, 0.3) is 0 Å². The minimum atomic E-state index is -0.349. The zero-order chi connectivity index (χ0) is 20.6. The summed E-state index contributed by atoms with van der Waals surface area (Å²) in [5, 5.41) is 3.01. The third-order valence-corrected chi connectivity index (χ3v) is 5.19. The Morgan fingerprint density at radius 3 is 2.32 bits per heavy atom. The van der Waals surface area contributed by atoms with Gasteiger partial charge in [0.25, 0.3) is 5.91 Å². The van der Waals surface area contributed by atoms with Crippen molar-refractivity contribution >= 4 is 11.9 Å². The Morgan fingerprint density at radius 1 is 0.929 bits per heavy atom. The fourth-order valence-corrected chi connectivity index (χ4v) is 3.20. The van der Waals surface area contributed by atoms with Gasteiger partial charge >= 0.3 is 5.97 Å². The molecule has 0 aliphatic carbocycles. The number of ether oxygens (including phenoxy) is 1. The molecule has 28 heavy (non-hydrogen) atoms. The van der Waals surface area contributed by atoms with Crippen molar-refractivity contribution in [3.05, 3.63) is 35.4 Å². The van der Waals surface area contributed by atoms with Gasteiger partial charge in [0.05, 0.1) is 12.2 Å². The van der Waals surface area contributed by atoms with E-state index in [0.717, 1.165) is 25.7 Å². The molecule has 0 aliphatic heterocycles. The topological polar surface area (TPSA) is 55.4 Å². The molecule has 1 rings (SSSR count). The summed E-state index contributed by atoms with van der Waals surface area (Å²) in [6, 6.07) is 6.82. The van der Waals surface area contributed by atoms with Crippen LogP contribution in [-0.2, 0) is 4.74 Å². The normalized spacial score (nSPS) is 11.8. The second kappa shape index (κ2) is 15.1. The lowest BCUT2D eigenvalue weighted by Gasteiger charge is -2.15. The Bertz CT molecular complexity index is 571. The van der Waals surface area contributed by atoms with Crippen LogP contribution < -0.4 is 5.32 Å². The van der Waals surface area contributed by atoms with Crippen molar-refractivity contribution in [2.24, 2.45) is 5.92 Å². The first-order valence-electron chi connectivity index (χ1n) is 11.2. The maximum atomic E-state index is 12.4. The molecular weight excluding hydrogens is 350 g/mol. The summed E-state index contributed by atoms with van der Waals surface area (Å²) in [6.45, 7) is 7.67. The third kappa shape index (κ3) is 9.91. The van der Waals surface area contributed by atoms with E-state index in [4.69, 9.17) is 4.74 Å². The van der Waals surface area contributed by atoms with Crippen molar-refractivity contribution in [2.45, 2.75) is 85.0 Å². The van der Waals surface area contributed by atoms with E-state index in [2.05, 4.69) is 26.1 Å². The van der Waals surface area contributed by atoms with Gasteiger partial charge in [-0.1, -0.05) is 78.2 Å². The lowest BCUT2D eigenvalue weighted by molar-refractivity contribution is 0.0497. The van der Waals surface area contributed by atoms with Crippen molar-refractivity contribution in [1.82, 2.24) is 5.32 Å². The van der Waals surface area contributed by atoms with Crippen molar-refractivity contribution in [3.8, 4) is 0 Å². The highest BCUT2D eigenvalue weighted by Gasteiger charge is 2.13. The second-order valence-electron chi connectivity index (χ2n) is 7.61. The zero-order valence-corrected chi connectivity index (χ0v) is 18.1. The number of unbranched alkanes of at least 4 members (excludes halogenated alkanes) is 6. The van der Waals surface area contributed by atoms with E-state index >= 15 is 0 Å². The number of nitrogens with one attached hydrogen (secondary N) is 1. The predicted octanol–water partition coefficient (Wildman–Crippen LogP) is 6.15. The fraction of sp³-hybridized carbons (Fsp3) is 0.667. The van der Waals surface area contributed by atoms with Gasteiger partial charge in [-0.05, 0) is 37.0 Å². The first-order chi connectivity index (χ1) is 13.6. The van der Waals surface area contributed by atoms with Crippen molar-refractivity contribution in [1.29, 1.82) is 0 Å². The van der Waals surface area contributed by atoms with Crippen LogP contribution >= 0.6 is 0 Å². The number of hydrogen-bond donors (Lipinski definition) is 1. The number of benzene rings is 1. The minimum absolute atomic E-state index is 0.125. The molecule has 4 nitrogen and oxygen atoms in total. The van der Waals surface area contributed by atoms with E-state index in [1.54, 1.807) is 24.3 Å². The number of hydrogen-bond acceptors (Lipinski definition) is 3. The van der Waals surface area contributed by atoms with Crippen LogP contribution in [0.4, 0.5) is 0 Å². The molecule has 1 amide bonds. The van der Waals surface area contributed by atoms with E-state index < -0.39 is 0 Å². The molecule has 0 heterocycles. The number of amides is 1. The molecule has 1 N–H and O–H groups in total. The first-order valence-corrected chi connectivity index (χ1v) is 11.2. The molecule has 0 spiro atoms. The summed E-state index contributed by atoms with van der Waals surface area (Å²) in [6.07, 6.45) is 11.5. The number of carbonyl (C=O) groups is 2. The van der Waals surface area contributed by atoms with Crippen LogP contribution in [0.15, 0.2) is 24.3 Å². The number of esters is 1. The molecular formula is C24H39NO3.